The van der Waals surface area contributed by atoms with Crippen LogP contribution in [0.3, 0.4) is 0 Å². The first-order valence-corrected chi connectivity index (χ1v) is 3.89. The fourth-order valence-corrected chi connectivity index (χ4v) is 1.23. The fourth-order valence-electron chi connectivity index (χ4n) is 1.23. The van der Waals surface area contributed by atoms with Crippen molar-refractivity contribution in [3.63, 3.8) is 0 Å². The van der Waals surface area contributed by atoms with Crippen molar-refractivity contribution >= 4 is 12.2 Å². The summed E-state index contributed by atoms with van der Waals surface area (Å²) in [6.07, 6.45) is 6.06. The van der Waals surface area contributed by atoms with Gasteiger partial charge in [-0.25, -0.2) is 0 Å². The molecule has 0 aromatic carbocycles. The average Bonchev–Trinajstić information content (AvgIpc) is 2.47. The van der Waals surface area contributed by atoms with Gasteiger partial charge in [0.15, 0.2) is 0 Å². The summed E-state index contributed by atoms with van der Waals surface area (Å²) < 4.78 is 0. The van der Waals surface area contributed by atoms with Gasteiger partial charge in [-0.05, 0) is 18.1 Å². The average molecular weight is 163 g/mol. The van der Waals surface area contributed by atoms with E-state index in [4.69, 9.17) is 5.11 Å². The lowest BCUT2D eigenvalue weighted by Gasteiger charge is -1.96. The summed E-state index contributed by atoms with van der Waals surface area (Å²) in [5.41, 5.74) is 3.09. The maximum absolute atomic E-state index is 8.75. The molecule has 0 unspecified atom stereocenters. The van der Waals surface area contributed by atoms with Gasteiger partial charge in [0.2, 0.25) is 0 Å². The Morgan fingerprint density at radius 3 is 2.67 bits per heavy atom. The molecule has 12 heavy (non-hydrogen) atoms. The molecule has 0 radical (unpaired) electrons. The van der Waals surface area contributed by atoms with Crippen molar-refractivity contribution in [2.24, 2.45) is 0 Å². The van der Waals surface area contributed by atoms with Gasteiger partial charge in [0.1, 0.15) is 0 Å². The standard InChI is InChI=1S/C10H13NO/c1-3-9-8(5-6-12)7-11-10(9)4-2/h3-4,7,11-12H,1-2,5-6H2. The van der Waals surface area contributed by atoms with Crippen molar-refractivity contribution in [1.82, 2.24) is 4.98 Å². The zero-order chi connectivity index (χ0) is 8.97. The van der Waals surface area contributed by atoms with Crippen LogP contribution in [0, 0.1) is 0 Å². The van der Waals surface area contributed by atoms with Crippen LogP contribution in [0.25, 0.3) is 12.2 Å². The first-order chi connectivity index (χ1) is 5.83. The van der Waals surface area contributed by atoms with Crippen LogP contribution in [0.5, 0.6) is 0 Å². The van der Waals surface area contributed by atoms with E-state index < -0.39 is 0 Å². The maximum atomic E-state index is 8.75. The summed E-state index contributed by atoms with van der Waals surface area (Å²) in [4.78, 5) is 3.06. The molecule has 0 fully saturated rings. The number of H-pyrrole nitrogens is 1. The van der Waals surface area contributed by atoms with E-state index in [0.29, 0.717) is 6.42 Å². The molecule has 2 N–H and O–H groups in total. The van der Waals surface area contributed by atoms with E-state index in [2.05, 4.69) is 18.1 Å². The van der Waals surface area contributed by atoms with E-state index in [1.807, 2.05) is 6.20 Å². The van der Waals surface area contributed by atoms with Crippen LogP contribution < -0.4 is 0 Å². The molecule has 0 aliphatic carbocycles. The first-order valence-electron chi connectivity index (χ1n) is 3.89. The zero-order valence-corrected chi connectivity index (χ0v) is 7.01. The second kappa shape index (κ2) is 3.93. The lowest BCUT2D eigenvalue weighted by Crippen LogP contribution is -1.90. The number of nitrogens with one attached hydrogen (secondary N) is 1. The topological polar surface area (TPSA) is 36.0 Å². The highest BCUT2D eigenvalue weighted by molar-refractivity contribution is 5.64. The Balaban J connectivity index is 3.04. The molecule has 0 aliphatic rings. The van der Waals surface area contributed by atoms with Gasteiger partial charge in [-0.3, -0.25) is 0 Å². The second-order valence-electron chi connectivity index (χ2n) is 2.52. The summed E-state index contributed by atoms with van der Waals surface area (Å²) in [5, 5.41) is 8.75. The van der Waals surface area contributed by atoms with E-state index in [9.17, 15) is 0 Å². The van der Waals surface area contributed by atoms with Crippen molar-refractivity contribution in [2.75, 3.05) is 6.61 Å². The normalized spacial score (nSPS) is 9.75. The lowest BCUT2D eigenvalue weighted by molar-refractivity contribution is 0.299. The molecule has 1 heterocycles. The molecule has 2 heteroatoms. The van der Waals surface area contributed by atoms with E-state index in [0.717, 1.165) is 16.8 Å². The molecule has 0 saturated heterocycles. The number of hydrogen-bond acceptors (Lipinski definition) is 1. The van der Waals surface area contributed by atoms with Gasteiger partial charge >= 0.3 is 0 Å². The minimum Gasteiger partial charge on any atom is -0.396 e. The minimum absolute atomic E-state index is 0.162. The number of aliphatic hydroxyl groups excluding tert-OH is 1. The van der Waals surface area contributed by atoms with Crippen LogP contribution in [-0.2, 0) is 6.42 Å². The quantitative estimate of drug-likeness (QED) is 0.698. The van der Waals surface area contributed by atoms with E-state index in [-0.39, 0.29) is 6.61 Å². The van der Waals surface area contributed by atoms with Crippen LogP contribution in [0.4, 0.5) is 0 Å². The molecular formula is C10H13NO. The molecule has 0 atom stereocenters. The Morgan fingerprint density at radius 1 is 1.42 bits per heavy atom. The minimum atomic E-state index is 0.162. The number of aliphatic hydroxyl groups is 1. The first kappa shape index (κ1) is 8.81. The van der Waals surface area contributed by atoms with Gasteiger partial charge in [0.25, 0.3) is 0 Å². The number of aromatic nitrogens is 1. The molecule has 2 nitrogen and oxygen atoms in total. The summed E-state index contributed by atoms with van der Waals surface area (Å²) in [7, 11) is 0. The molecule has 0 amide bonds. The lowest BCUT2D eigenvalue weighted by atomic mass is 10.1. The van der Waals surface area contributed by atoms with Crippen LogP contribution in [0.15, 0.2) is 19.4 Å². The zero-order valence-electron chi connectivity index (χ0n) is 7.01. The highest BCUT2D eigenvalue weighted by Gasteiger charge is 2.03. The van der Waals surface area contributed by atoms with Crippen LogP contribution in [0.1, 0.15) is 16.8 Å². The Labute approximate surface area is 72.2 Å². The molecule has 0 saturated carbocycles. The third-order valence-corrected chi connectivity index (χ3v) is 1.83. The fraction of sp³-hybridized carbons (Fsp3) is 0.200. The summed E-state index contributed by atoms with van der Waals surface area (Å²) in [5.74, 6) is 0. The van der Waals surface area contributed by atoms with Gasteiger partial charge in [0, 0.05) is 24.1 Å². The van der Waals surface area contributed by atoms with Crippen molar-refractivity contribution in [1.29, 1.82) is 0 Å². The summed E-state index contributed by atoms with van der Waals surface area (Å²) in [6, 6.07) is 0. The predicted octanol–water partition coefficient (Wildman–Crippen LogP) is 1.84. The predicted molar refractivity (Wildman–Crippen MR) is 51.8 cm³/mol. The molecule has 0 spiro atoms. The Hall–Kier alpha value is -1.28. The van der Waals surface area contributed by atoms with Gasteiger partial charge < -0.3 is 10.1 Å². The Morgan fingerprint density at radius 2 is 2.17 bits per heavy atom. The monoisotopic (exact) mass is 163 g/mol. The van der Waals surface area contributed by atoms with E-state index in [1.165, 1.54) is 0 Å². The summed E-state index contributed by atoms with van der Waals surface area (Å²) >= 11 is 0. The Kier molecular flexibility index (Phi) is 2.88. The van der Waals surface area contributed by atoms with Gasteiger partial charge in [-0.1, -0.05) is 19.2 Å². The molecule has 1 aromatic heterocycles. The molecular weight excluding hydrogens is 150 g/mol. The highest BCUT2D eigenvalue weighted by Crippen LogP contribution is 2.16. The maximum Gasteiger partial charge on any atom is 0.0472 e. The van der Waals surface area contributed by atoms with Crippen LogP contribution in [-0.4, -0.2) is 16.7 Å². The number of rotatable bonds is 4. The number of hydrogen-bond donors (Lipinski definition) is 2. The van der Waals surface area contributed by atoms with E-state index >= 15 is 0 Å². The molecule has 1 rings (SSSR count). The van der Waals surface area contributed by atoms with Gasteiger partial charge in [-0.15, -0.1) is 0 Å². The van der Waals surface area contributed by atoms with Crippen LogP contribution >= 0.6 is 0 Å². The SMILES string of the molecule is C=Cc1[nH]cc(CCO)c1C=C. The third kappa shape index (κ3) is 1.48. The smallest absolute Gasteiger partial charge is 0.0472 e. The van der Waals surface area contributed by atoms with Crippen LogP contribution in [0.2, 0.25) is 0 Å². The number of aromatic amines is 1. The molecule has 64 valence electrons. The molecule has 0 aliphatic heterocycles. The second-order valence-corrected chi connectivity index (χ2v) is 2.52. The van der Waals surface area contributed by atoms with Crippen molar-refractivity contribution in [3.8, 4) is 0 Å². The van der Waals surface area contributed by atoms with Gasteiger partial charge in [0.05, 0.1) is 0 Å². The van der Waals surface area contributed by atoms with E-state index in [1.54, 1.807) is 12.2 Å². The highest BCUT2D eigenvalue weighted by atomic mass is 16.2. The van der Waals surface area contributed by atoms with Crippen molar-refractivity contribution in [2.45, 2.75) is 6.42 Å². The molecule has 0 bridgehead atoms. The third-order valence-electron chi connectivity index (χ3n) is 1.83. The van der Waals surface area contributed by atoms with Crippen molar-refractivity contribution in [3.05, 3.63) is 36.2 Å². The largest absolute Gasteiger partial charge is 0.396 e. The summed E-state index contributed by atoms with van der Waals surface area (Å²) in [6.45, 7) is 7.54. The van der Waals surface area contributed by atoms with Crippen molar-refractivity contribution < 1.29 is 5.11 Å². The van der Waals surface area contributed by atoms with Gasteiger partial charge in [-0.2, -0.15) is 0 Å². The molecule has 1 aromatic rings. The Bertz CT molecular complexity index is 286.